The number of halogens is 2. The largest absolute Gasteiger partial charge is 0.507 e. The number of carbonyl (C=O) groups excluding carboxylic acids is 1. The summed E-state index contributed by atoms with van der Waals surface area (Å²) in [6, 6.07) is 5.96. The summed E-state index contributed by atoms with van der Waals surface area (Å²) in [7, 11) is 0. The summed E-state index contributed by atoms with van der Waals surface area (Å²) in [5.41, 5.74) is 1.39. The van der Waals surface area contributed by atoms with Gasteiger partial charge in [-0.05, 0) is 24.3 Å². The Hall–Kier alpha value is -1.97. The minimum atomic E-state index is -0.201. The molecule has 0 aliphatic carbocycles. The highest BCUT2D eigenvalue weighted by atomic mass is 35.5. The van der Waals surface area contributed by atoms with E-state index in [1.165, 1.54) is 18.2 Å². The first kappa shape index (κ1) is 14.4. The monoisotopic (exact) mass is 308 g/mol. The summed E-state index contributed by atoms with van der Waals surface area (Å²) >= 11 is 12.3. The van der Waals surface area contributed by atoms with Crippen molar-refractivity contribution in [3.8, 4) is 22.6 Å². The first-order valence-corrected chi connectivity index (χ1v) is 6.37. The van der Waals surface area contributed by atoms with E-state index in [-0.39, 0.29) is 27.1 Å². The van der Waals surface area contributed by atoms with Gasteiger partial charge in [0.2, 0.25) is 0 Å². The van der Waals surface area contributed by atoms with Gasteiger partial charge in [0.25, 0.3) is 0 Å². The lowest BCUT2D eigenvalue weighted by Crippen LogP contribution is -1.90. The molecule has 0 aliphatic heterocycles. The molecule has 0 saturated heterocycles. The van der Waals surface area contributed by atoms with Crippen LogP contribution < -0.4 is 0 Å². The van der Waals surface area contributed by atoms with Crippen molar-refractivity contribution in [2.75, 3.05) is 0 Å². The van der Waals surface area contributed by atoms with Crippen LogP contribution in [0.1, 0.15) is 15.9 Å². The lowest BCUT2D eigenvalue weighted by atomic mass is 9.99. The van der Waals surface area contributed by atoms with Crippen LogP contribution in [0, 0.1) is 0 Å². The summed E-state index contributed by atoms with van der Waals surface area (Å²) in [5, 5.41) is 19.6. The molecule has 0 atom stereocenters. The summed E-state index contributed by atoms with van der Waals surface area (Å²) in [5.74, 6) is -0.202. The van der Waals surface area contributed by atoms with Crippen LogP contribution in [0.2, 0.25) is 10.0 Å². The number of hydrogen-bond acceptors (Lipinski definition) is 3. The highest BCUT2D eigenvalue weighted by Crippen LogP contribution is 2.41. The summed E-state index contributed by atoms with van der Waals surface area (Å²) < 4.78 is 0. The molecule has 2 aromatic carbocycles. The van der Waals surface area contributed by atoms with Gasteiger partial charge >= 0.3 is 0 Å². The molecule has 2 N–H and O–H groups in total. The van der Waals surface area contributed by atoms with Crippen LogP contribution in [0.15, 0.2) is 30.8 Å². The van der Waals surface area contributed by atoms with Crippen LogP contribution in [-0.2, 0) is 0 Å². The Kier molecular flexibility index (Phi) is 4.02. The zero-order valence-corrected chi connectivity index (χ0v) is 11.7. The third-order valence-corrected chi connectivity index (χ3v) is 3.74. The smallest absolute Gasteiger partial charge is 0.155 e. The number of rotatable bonds is 3. The molecule has 20 heavy (non-hydrogen) atoms. The number of carbonyl (C=O) groups is 1. The molecule has 102 valence electrons. The number of benzene rings is 2. The Morgan fingerprint density at radius 3 is 1.80 bits per heavy atom. The molecule has 0 bridgehead atoms. The lowest BCUT2D eigenvalue weighted by molar-refractivity contribution is 0.112. The van der Waals surface area contributed by atoms with Crippen LogP contribution in [0.4, 0.5) is 0 Å². The molecule has 5 heteroatoms. The van der Waals surface area contributed by atoms with Gasteiger partial charge in [0.05, 0.1) is 15.6 Å². The molecular weight excluding hydrogens is 299 g/mol. The fraction of sp³-hybridized carbons (Fsp3) is 0. The standard InChI is InChI=1S/C15H10Cl2O3/c1-2-8-12(19)5-3-9(14(8)16)10-4-6-13(20)11(7-18)15(10)17/h2-7,19-20H,1H2. The van der Waals surface area contributed by atoms with Gasteiger partial charge in [0.1, 0.15) is 11.5 Å². The van der Waals surface area contributed by atoms with Crippen molar-refractivity contribution >= 4 is 35.6 Å². The van der Waals surface area contributed by atoms with E-state index in [1.807, 2.05) is 0 Å². The Bertz CT molecular complexity index is 647. The van der Waals surface area contributed by atoms with Crippen molar-refractivity contribution in [3.05, 3.63) is 52.0 Å². The molecule has 0 heterocycles. The first-order valence-electron chi connectivity index (χ1n) is 5.62. The van der Waals surface area contributed by atoms with Gasteiger partial charge in [0, 0.05) is 16.7 Å². The van der Waals surface area contributed by atoms with E-state index < -0.39 is 0 Å². The number of aldehydes is 1. The molecule has 0 amide bonds. The van der Waals surface area contributed by atoms with Crippen molar-refractivity contribution < 1.29 is 15.0 Å². The van der Waals surface area contributed by atoms with E-state index in [0.29, 0.717) is 23.0 Å². The normalized spacial score (nSPS) is 10.3. The van der Waals surface area contributed by atoms with Crippen molar-refractivity contribution in [3.63, 3.8) is 0 Å². The van der Waals surface area contributed by atoms with Gasteiger partial charge in [-0.15, -0.1) is 0 Å². The molecule has 0 unspecified atom stereocenters. The van der Waals surface area contributed by atoms with E-state index in [9.17, 15) is 15.0 Å². The van der Waals surface area contributed by atoms with Crippen LogP contribution in [0.3, 0.4) is 0 Å². The maximum atomic E-state index is 11.0. The zero-order chi connectivity index (χ0) is 14.9. The summed E-state index contributed by atoms with van der Waals surface area (Å²) in [6.07, 6.45) is 1.90. The van der Waals surface area contributed by atoms with Gasteiger partial charge < -0.3 is 10.2 Å². The van der Waals surface area contributed by atoms with Gasteiger partial charge in [0.15, 0.2) is 6.29 Å². The SMILES string of the molecule is C=Cc1c(O)ccc(-c2ccc(O)c(C=O)c2Cl)c1Cl. The molecule has 3 nitrogen and oxygen atoms in total. The Morgan fingerprint density at radius 1 is 0.900 bits per heavy atom. The Balaban J connectivity index is 2.76. The van der Waals surface area contributed by atoms with E-state index in [4.69, 9.17) is 23.2 Å². The van der Waals surface area contributed by atoms with Crippen LogP contribution in [0.25, 0.3) is 17.2 Å². The maximum absolute atomic E-state index is 11.0. The average molecular weight is 309 g/mol. The predicted molar refractivity (Wildman–Crippen MR) is 80.7 cm³/mol. The van der Waals surface area contributed by atoms with Crippen molar-refractivity contribution in [2.24, 2.45) is 0 Å². The second kappa shape index (κ2) is 5.57. The minimum absolute atomic E-state index is 0.000684. The van der Waals surface area contributed by atoms with Crippen LogP contribution in [0.5, 0.6) is 11.5 Å². The van der Waals surface area contributed by atoms with Crippen molar-refractivity contribution in [1.82, 2.24) is 0 Å². The first-order chi connectivity index (χ1) is 9.51. The molecule has 0 aromatic heterocycles. The molecule has 2 rings (SSSR count). The van der Waals surface area contributed by atoms with E-state index in [0.717, 1.165) is 0 Å². The van der Waals surface area contributed by atoms with Crippen molar-refractivity contribution in [1.29, 1.82) is 0 Å². The van der Waals surface area contributed by atoms with E-state index in [1.54, 1.807) is 12.1 Å². The summed E-state index contributed by atoms with van der Waals surface area (Å²) in [6.45, 7) is 3.58. The zero-order valence-electron chi connectivity index (χ0n) is 10.2. The second-order valence-corrected chi connectivity index (χ2v) is 4.80. The highest BCUT2D eigenvalue weighted by Gasteiger charge is 2.16. The van der Waals surface area contributed by atoms with Gasteiger partial charge in [-0.1, -0.05) is 35.9 Å². The topological polar surface area (TPSA) is 57.5 Å². The quantitative estimate of drug-likeness (QED) is 0.819. The molecule has 0 spiro atoms. The maximum Gasteiger partial charge on any atom is 0.155 e. The lowest BCUT2D eigenvalue weighted by Gasteiger charge is -2.12. The Morgan fingerprint density at radius 2 is 1.35 bits per heavy atom. The third-order valence-electron chi connectivity index (χ3n) is 2.93. The van der Waals surface area contributed by atoms with Crippen molar-refractivity contribution in [2.45, 2.75) is 0 Å². The third kappa shape index (κ3) is 2.26. The average Bonchev–Trinajstić information content (AvgIpc) is 2.41. The van der Waals surface area contributed by atoms with Crippen LogP contribution in [-0.4, -0.2) is 16.5 Å². The minimum Gasteiger partial charge on any atom is -0.507 e. The number of aromatic hydroxyl groups is 2. The Labute approximate surface area is 125 Å². The van der Waals surface area contributed by atoms with Gasteiger partial charge in [-0.3, -0.25) is 4.79 Å². The predicted octanol–water partition coefficient (Wildman–Crippen LogP) is 4.53. The molecule has 2 aromatic rings. The molecule has 0 saturated carbocycles. The fourth-order valence-electron chi connectivity index (χ4n) is 1.89. The summed E-state index contributed by atoms with van der Waals surface area (Å²) in [4.78, 5) is 11.0. The molecule has 0 aliphatic rings. The van der Waals surface area contributed by atoms with Gasteiger partial charge in [-0.2, -0.15) is 0 Å². The number of hydrogen-bond donors (Lipinski definition) is 2. The molecule has 0 radical (unpaired) electrons. The van der Waals surface area contributed by atoms with Gasteiger partial charge in [-0.25, -0.2) is 0 Å². The van der Waals surface area contributed by atoms with Crippen LogP contribution >= 0.6 is 23.2 Å². The number of phenols is 2. The highest BCUT2D eigenvalue weighted by molar-refractivity contribution is 6.38. The number of phenolic OH excluding ortho intramolecular Hbond substituents is 2. The second-order valence-electron chi connectivity index (χ2n) is 4.04. The van der Waals surface area contributed by atoms with E-state index >= 15 is 0 Å². The molecule has 0 fully saturated rings. The van der Waals surface area contributed by atoms with E-state index in [2.05, 4.69) is 6.58 Å². The molecular formula is C15H10Cl2O3. The fourth-order valence-corrected chi connectivity index (χ4v) is 2.53.